The third kappa shape index (κ3) is 4.45. The van der Waals surface area contributed by atoms with Gasteiger partial charge in [0.05, 0.1) is 12.7 Å². The maximum absolute atomic E-state index is 12.8. The molecule has 0 radical (unpaired) electrons. The van der Waals surface area contributed by atoms with Crippen molar-refractivity contribution in [3.63, 3.8) is 0 Å². The summed E-state index contributed by atoms with van der Waals surface area (Å²) in [5.74, 6) is 1.18. The molecule has 5 heteroatoms. The molecule has 0 unspecified atom stereocenters. The standard InChI is InChI=1S/C24H25N3O2/c1-29-23-12-3-2-7-18(23)15-21-10-4-11-22(26-21)20-9-6-14-27(17-20)24(28)19-8-5-13-25-16-19/h2-5,7-8,10-13,16,20H,6,9,14-15,17H2,1H3/t20-/m1/s1. The number of rotatable bonds is 5. The number of likely N-dealkylation sites (tertiary alicyclic amines) is 1. The van der Waals surface area contributed by atoms with Crippen LogP contribution in [0.1, 0.15) is 46.1 Å². The summed E-state index contributed by atoms with van der Waals surface area (Å²) in [7, 11) is 1.69. The first-order chi connectivity index (χ1) is 14.2. The van der Waals surface area contributed by atoms with E-state index in [0.29, 0.717) is 12.1 Å². The summed E-state index contributed by atoms with van der Waals surface area (Å²) in [5, 5.41) is 0. The lowest BCUT2D eigenvalue weighted by Crippen LogP contribution is -2.39. The Labute approximate surface area is 171 Å². The van der Waals surface area contributed by atoms with Crippen molar-refractivity contribution >= 4 is 5.91 Å². The first-order valence-electron chi connectivity index (χ1n) is 10.0. The zero-order chi connectivity index (χ0) is 20.1. The largest absolute Gasteiger partial charge is 0.496 e. The molecule has 0 bridgehead atoms. The summed E-state index contributed by atoms with van der Waals surface area (Å²) in [5.41, 5.74) is 3.84. The van der Waals surface area contributed by atoms with Crippen LogP contribution in [0, 0.1) is 0 Å². The molecule has 4 rings (SSSR count). The number of aromatic nitrogens is 2. The molecule has 5 nitrogen and oxygen atoms in total. The fraction of sp³-hybridized carbons (Fsp3) is 0.292. The Balaban J connectivity index is 1.50. The molecule has 1 fully saturated rings. The highest BCUT2D eigenvalue weighted by molar-refractivity contribution is 5.94. The summed E-state index contributed by atoms with van der Waals surface area (Å²) in [6, 6.07) is 17.9. The molecule has 1 aromatic carbocycles. The van der Waals surface area contributed by atoms with E-state index >= 15 is 0 Å². The van der Waals surface area contributed by atoms with E-state index in [-0.39, 0.29) is 11.8 Å². The minimum atomic E-state index is 0.0491. The van der Waals surface area contributed by atoms with Crippen LogP contribution in [-0.2, 0) is 6.42 Å². The van der Waals surface area contributed by atoms with Gasteiger partial charge in [-0.3, -0.25) is 14.8 Å². The van der Waals surface area contributed by atoms with Gasteiger partial charge >= 0.3 is 0 Å². The maximum atomic E-state index is 12.8. The maximum Gasteiger partial charge on any atom is 0.255 e. The van der Waals surface area contributed by atoms with Crippen molar-refractivity contribution in [1.29, 1.82) is 0 Å². The van der Waals surface area contributed by atoms with Crippen molar-refractivity contribution in [3.8, 4) is 5.75 Å². The van der Waals surface area contributed by atoms with Crippen molar-refractivity contribution in [2.24, 2.45) is 0 Å². The average Bonchev–Trinajstić information content (AvgIpc) is 2.80. The molecule has 29 heavy (non-hydrogen) atoms. The summed E-state index contributed by atoms with van der Waals surface area (Å²) < 4.78 is 5.47. The summed E-state index contributed by atoms with van der Waals surface area (Å²) in [4.78, 5) is 23.7. The molecule has 0 aliphatic carbocycles. The molecule has 0 spiro atoms. The number of carbonyl (C=O) groups excluding carboxylic acids is 1. The lowest BCUT2D eigenvalue weighted by atomic mass is 9.93. The van der Waals surface area contributed by atoms with Crippen LogP contribution in [0.2, 0.25) is 0 Å². The third-order valence-corrected chi connectivity index (χ3v) is 5.43. The highest BCUT2D eigenvalue weighted by Crippen LogP contribution is 2.27. The van der Waals surface area contributed by atoms with Gasteiger partial charge in [0.1, 0.15) is 5.75 Å². The Morgan fingerprint density at radius 2 is 2.03 bits per heavy atom. The molecule has 2 aromatic heterocycles. The molecule has 1 saturated heterocycles. The SMILES string of the molecule is COc1ccccc1Cc1cccc([C@@H]2CCCN(C(=O)c3cccnc3)C2)n1. The van der Waals surface area contributed by atoms with Crippen molar-refractivity contribution < 1.29 is 9.53 Å². The zero-order valence-electron chi connectivity index (χ0n) is 16.6. The quantitative estimate of drug-likeness (QED) is 0.662. The van der Waals surface area contributed by atoms with E-state index in [1.165, 1.54) is 0 Å². The van der Waals surface area contributed by atoms with Gasteiger partial charge in [-0.2, -0.15) is 0 Å². The first-order valence-corrected chi connectivity index (χ1v) is 10.0. The van der Waals surface area contributed by atoms with Crippen molar-refractivity contribution in [3.05, 3.63) is 89.5 Å². The fourth-order valence-corrected chi connectivity index (χ4v) is 3.94. The van der Waals surface area contributed by atoms with Crippen molar-refractivity contribution in [2.75, 3.05) is 20.2 Å². The van der Waals surface area contributed by atoms with E-state index in [2.05, 4.69) is 29.2 Å². The Morgan fingerprint density at radius 1 is 1.14 bits per heavy atom. The van der Waals surface area contributed by atoms with Gasteiger partial charge < -0.3 is 9.64 Å². The van der Waals surface area contributed by atoms with Gasteiger partial charge in [-0.1, -0.05) is 24.3 Å². The van der Waals surface area contributed by atoms with Gasteiger partial charge in [0.15, 0.2) is 0 Å². The number of hydrogen-bond acceptors (Lipinski definition) is 4. The number of ether oxygens (including phenoxy) is 1. The lowest BCUT2D eigenvalue weighted by molar-refractivity contribution is 0.0705. The van der Waals surface area contributed by atoms with E-state index in [1.54, 1.807) is 25.6 Å². The number of amides is 1. The Kier molecular flexibility index (Phi) is 5.84. The van der Waals surface area contributed by atoms with E-state index in [0.717, 1.165) is 48.5 Å². The molecule has 0 N–H and O–H groups in total. The minimum absolute atomic E-state index is 0.0491. The van der Waals surface area contributed by atoms with E-state index in [9.17, 15) is 4.79 Å². The molecule has 1 atom stereocenters. The molecule has 1 aliphatic rings. The zero-order valence-corrected chi connectivity index (χ0v) is 16.6. The monoisotopic (exact) mass is 387 g/mol. The molecule has 148 valence electrons. The number of hydrogen-bond donors (Lipinski definition) is 0. The highest BCUT2D eigenvalue weighted by atomic mass is 16.5. The summed E-state index contributed by atoms with van der Waals surface area (Å²) >= 11 is 0. The lowest BCUT2D eigenvalue weighted by Gasteiger charge is -2.32. The number of nitrogens with zero attached hydrogens (tertiary/aromatic N) is 3. The van der Waals surface area contributed by atoms with Gasteiger partial charge in [0, 0.05) is 54.8 Å². The predicted octanol–water partition coefficient (Wildman–Crippen LogP) is 4.10. The topological polar surface area (TPSA) is 55.3 Å². The molecule has 3 aromatic rings. The van der Waals surface area contributed by atoms with Crippen molar-refractivity contribution in [2.45, 2.75) is 25.2 Å². The molecule has 3 heterocycles. The number of benzene rings is 1. The fourth-order valence-electron chi connectivity index (χ4n) is 3.94. The van der Waals surface area contributed by atoms with Gasteiger partial charge in [-0.05, 0) is 43.2 Å². The highest BCUT2D eigenvalue weighted by Gasteiger charge is 2.26. The van der Waals surface area contributed by atoms with Crippen LogP contribution in [0.5, 0.6) is 5.75 Å². The smallest absolute Gasteiger partial charge is 0.255 e. The van der Waals surface area contributed by atoms with E-state index in [4.69, 9.17) is 9.72 Å². The Bertz CT molecular complexity index is 975. The Hall–Kier alpha value is -3.21. The number of para-hydroxylation sites is 1. The van der Waals surface area contributed by atoms with Crippen LogP contribution in [0.15, 0.2) is 67.0 Å². The van der Waals surface area contributed by atoms with E-state index in [1.807, 2.05) is 29.2 Å². The second-order valence-electron chi connectivity index (χ2n) is 7.37. The van der Waals surface area contributed by atoms with Gasteiger partial charge in [0.25, 0.3) is 5.91 Å². The number of piperidine rings is 1. The van der Waals surface area contributed by atoms with Crippen molar-refractivity contribution in [1.82, 2.24) is 14.9 Å². The predicted molar refractivity (Wildman–Crippen MR) is 112 cm³/mol. The molecule has 0 saturated carbocycles. The molecule has 1 amide bonds. The second kappa shape index (κ2) is 8.86. The second-order valence-corrected chi connectivity index (χ2v) is 7.37. The van der Waals surface area contributed by atoms with Crippen LogP contribution >= 0.6 is 0 Å². The number of carbonyl (C=O) groups is 1. The van der Waals surface area contributed by atoms with Gasteiger partial charge in [-0.25, -0.2) is 0 Å². The number of methoxy groups -OCH3 is 1. The summed E-state index contributed by atoms with van der Waals surface area (Å²) in [6.07, 6.45) is 6.07. The summed E-state index contributed by atoms with van der Waals surface area (Å²) in [6.45, 7) is 1.48. The third-order valence-electron chi connectivity index (χ3n) is 5.43. The van der Waals surface area contributed by atoms with Crippen LogP contribution in [0.25, 0.3) is 0 Å². The minimum Gasteiger partial charge on any atom is -0.496 e. The van der Waals surface area contributed by atoms with Crippen LogP contribution in [-0.4, -0.2) is 41.0 Å². The number of pyridine rings is 2. The normalized spacial score (nSPS) is 16.4. The Morgan fingerprint density at radius 3 is 2.86 bits per heavy atom. The molecular weight excluding hydrogens is 362 g/mol. The van der Waals surface area contributed by atoms with Gasteiger partial charge in [-0.15, -0.1) is 0 Å². The van der Waals surface area contributed by atoms with Crippen LogP contribution < -0.4 is 4.74 Å². The van der Waals surface area contributed by atoms with Gasteiger partial charge in [0.2, 0.25) is 0 Å². The van der Waals surface area contributed by atoms with E-state index < -0.39 is 0 Å². The molecular formula is C24H25N3O2. The van der Waals surface area contributed by atoms with Crippen LogP contribution in [0.3, 0.4) is 0 Å². The molecule has 1 aliphatic heterocycles. The average molecular weight is 387 g/mol. The van der Waals surface area contributed by atoms with Crippen LogP contribution in [0.4, 0.5) is 0 Å². The first kappa shape index (κ1) is 19.1.